The Bertz CT molecular complexity index is 370. The SMILES string of the molecule is c1nc(N2CCOCC2)sc1CNC1CCCC1. The van der Waals surface area contributed by atoms with Gasteiger partial charge in [-0.05, 0) is 12.8 Å². The molecule has 1 aliphatic heterocycles. The number of thiazole rings is 1. The largest absolute Gasteiger partial charge is 0.378 e. The van der Waals surface area contributed by atoms with Crippen LogP contribution in [-0.2, 0) is 11.3 Å². The molecule has 1 N–H and O–H groups in total. The summed E-state index contributed by atoms with van der Waals surface area (Å²) in [5.41, 5.74) is 0. The van der Waals surface area contributed by atoms with Gasteiger partial charge in [-0.2, -0.15) is 0 Å². The van der Waals surface area contributed by atoms with Gasteiger partial charge in [-0.3, -0.25) is 0 Å². The minimum Gasteiger partial charge on any atom is -0.378 e. The summed E-state index contributed by atoms with van der Waals surface area (Å²) in [5.74, 6) is 0. The maximum Gasteiger partial charge on any atom is 0.185 e. The smallest absolute Gasteiger partial charge is 0.185 e. The maximum absolute atomic E-state index is 5.37. The quantitative estimate of drug-likeness (QED) is 0.905. The van der Waals surface area contributed by atoms with E-state index in [2.05, 4.69) is 15.2 Å². The molecule has 100 valence electrons. The van der Waals surface area contributed by atoms with Crippen molar-refractivity contribution in [3.05, 3.63) is 11.1 Å². The van der Waals surface area contributed by atoms with Gasteiger partial charge in [0.05, 0.1) is 13.2 Å². The lowest BCUT2D eigenvalue weighted by Gasteiger charge is -2.26. The molecule has 0 atom stereocenters. The molecule has 1 aliphatic carbocycles. The van der Waals surface area contributed by atoms with Gasteiger partial charge in [0.2, 0.25) is 0 Å². The number of morpholine rings is 1. The first-order valence-corrected chi connectivity index (χ1v) is 7.74. The molecule has 5 heteroatoms. The molecule has 0 aromatic carbocycles. The molecule has 18 heavy (non-hydrogen) atoms. The van der Waals surface area contributed by atoms with Gasteiger partial charge in [0, 0.05) is 36.8 Å². The van der Waals surface area contributed by atoms with E-state index in [0.717, 1.165) is 44.0 Å². The van der Waals surface area contributed by atoms with Crippen LogP contribution in [-0.4, -0.2) is 37.3 Å². The van der Waals surface area contributed by atoms with Gasteiger partial charge in [-0.15, -0.1) is 11.3 Å². The molecule has 0 amide bonds. The molecule has 2 fully saturated rings. The van der Waals surface area contributed by atoms with Crippen LogP contribution in [0.3, 0.4) is 0 Å². The van der Waals surface area contributed by atoms with Crippen LogP contribution >= 0.6 is 11.3 Å². The van der Waals surface area contributed by atoms with Gasteiger partial charge in [0.15, 0.2) is 5.13 Å². The maximum atomic E-state index is 5.37. The van der Waals surface area contributed by atoms with E-state index in [4.69, 9.17) is 4.74 Å². The second-order valence-corrected chi connectivity index (χ2v) is 6.16. The highest BCUT2D eigenvalue weighted by Crippen LogP contribution is 2.24. The first-order valence-electron chi connectivity index (χ1n) is 6.92. The molecule has 1 aromatic heterocycles. The van der Waals surface area contributed by atoms with Gasteiger partial charge in [0.25, 0.3) is 0 Å². The van der Waals surface area contributed by atoms with E-state index < -0.39 is 0 Å². The van der Waals surface area contributed by atoms with Gasteiger partial charge in [-0.25, -0.2) is 4.98 Å². The first kappa shape index (κ1) is 12.4. The van der Waals surface area contributed by atoms with Gasteiger partial charge in [-0.1, -0.05) is 12.8 Å². The van der Waals surface area contributed by atoms with E-state index in [9.17, 15) is 0 Å². The van der Waals surface area contributed by atoms with E-state index in [1.807, 2.05) is 17.5 Å². The molecular weight excluding hydrogens is 246 g/mol. The number of nitrogens with one attached hydrogen (secondary N) is 1. The molecule has 0 unspecified atom stereocenters. The molecule has 1 saturated carbocycles. The average Bonchev–Trinajstić information content (AvgIpc) is 3.09. The Balaban J connectivity index is 1.52. The van der Waals surface area contributed by atoms with E-state index in [1.165, 1.54) is 30.6 Å². The molecule has 1 aromatic rings. The zero-order valence-electron chi connectivity index (χ0n) is 10.7. The number of ether oxygens (including phenoxy) is 1. The fourth-order valence-electron chi connectivity index (χ4n) is 2.65. The van der Waals surface area contributed by atoms with Crippen LogP contribution in [0.25, 0.3) is 0 Å². The number of nitrogens with zero attached hydrogens (tertiary/aromatic N) is 2. The Hall–Kier alpha value is -0.650. The van der Waals surface area contributed by atoms with Crippen LogP contribution in [0.2, 0.25) is 0 Å². The van der Waals surface area contributed by atoms with Crippen molar-refractivity contribution in [3.8, 4) is 0 Å². The fraction of sp³-hybridized carbons (Fsp3) is 0.769. The molecule has 1 saturated heterocycles. The summed E-state index contributed by atoms with van der Waals surface area (Å²) in [6.45, 7) is 4.59. The van der Waals surface area contributed by atoms with Crippen molar-refractivity contribution >= 4 is 16.5 Å². The number of rotatable bonds is 4. The van der Waals surface area contributed by atoms with Crippen molar-refractivity contribution < 1.29 is 4.74 Å². The summed E-state index contributed by atoms with van der Waals surface area (Å²) in [7, 11) is 0. The molecule has 0 bridgehead atoms. The van der Waals surface area contributed by atoms with Crippen LogP contribution < -0.4 is 10.2 Å². The average molecular weight is 267 g/mol. The molecule has 0 spiro atoms. The summed E-state index contributed by atoms with van der Waals surface area (Å²) in [4.78, 5) is 8.21. The monoisotopic (exact) mass is 267 g/mol. The van der Waals surface area contributed by atoms with E-state index in [0.29, 0.717) is 0 Å². The second kappa shape index (κ2) is 5.99. The molecule has 2 aliphatic rings. The molecular formula is C13H21N3OS. The summed E-state index contributed by atoms with van der Waals surface area (Å²) >= 11 is 1.82. The van der Waals surface area contributed by atoms with Crippen molar-refractivity contribution in [2.24, 2.45) is 0 Å². The first-order chi connectivity index (χ1) is 8.92. The Labute approximate surface area is 112 Å². The molecule has 3 rings (SSSR count). The van der Waals surface area contributed by atoms with Gasteiger partial charge in [0.1, 0.15) is 0 Å². The Morgan fingerprint density at radius 2 is 2.11 bits per heavy atom. The van der Waals surface area contributed by atoms with Crippen LogP contribution in [0.15, 0.2) is 6.20 Å². The van der Waals surface area contributed by atoms with Crippen molar-refractivity contribution in [2.45, 2.75) is 38.3 Å². The van der Waals surface area contributed by atoms with Crippen molar-refractivity contribution in [1.29, 1.82) is 0 Å². The lowest BCUT2D eigenvalue weighted by Crippen LogP contribution is -2.36. The third-order valence-electron chi connectivity index (χ3n) is 3.74. The highest BCUT2D eigenvalue weighted by molar-refractivity contribution is 7.15. The highest BCUT2D eigenvalue weighted by Gasteiger charge is 2.16. The normalized spacial score (nSPS) is 21.7. The van der Waals surface area contributed by atoms with Crippen molar-refractivity contribution in [1.82, 2.24) is 10.3 Å². The minimum atomic E-state index is 0.735. The molecule has 2 heterocycles. The van der Waals surface area contributed by atoms with Gasteiger partial charge < -0.3 is 15.0 Å². The van der Waals surface area contributed by atoms with Crippen molar-refractivity contribution in [3.63, 3.8) is 0 Å². The van der Waals surface area contributed by atoms with Crippen LogP contribution in [0.5, 0.6) is 0 Å². The Kier molecular flexibility index (Phi) is 4.13. The second-order valence-electron chi connectivity index (χ2n) is 5.07. The Morgan fingerprint density at radius 3 is 2.89 bits per heavy atom. The highest BCUT2D eigenvalue weighted by atomic mass is 32.1. The minimum absolute atomic E-state index is 0.735. The van der Waals surface area contributed by atoms with Crippen LogP contribution in [0.1, 0.15) is 30.6 Å². The summed E-state index contributed by atoms with van der Waals surface area (Å²) in [6, 6.07) is 0.735. The number of hydrogen-bond acceptors (Lipinski definition) is 5. The van der Waals surface area contributed by atoms with E-state index in [1.54, 1.807) is 0 Å². The topological polar surface area (TPSA) is 37.4 Å². The van der Waals surface area contributed by atoms with Crippen molar-refractivity contribution in [2.75, 3.05) is 31.2 Å². The summed E-state index contributed by atoms with van der Waals surface area (Å²) in [5, 5.41) is 4.80. The van der Waals surface area contributed by atoms with Crippen LogP contribution in [0, 0.1) is 0 Å². The van der Waals surface area contributed by atoms with Gasteiger partial charge >= 0.3 is 0 Å². The molecule has 0 radical (unpaired) electrons. The predicted octanol–water partition coefficient (Wildman–Crippen LogP) is 2.01. The number of hydrogen-bond donors (Lipinski definition) is 1. The Morgan fingerprint density at radius 1 is 1.33 bits per heavy atom. The van der Waals surface area contributed by atoms with E-state index >= 15 is 0 Å². The standard InChI is InChI=1S/C13H21N3OS/c1-2-4-11(3-1)14-9-12-10-15-13(18-12)16-5-7-17-8-6-16/h10-11,14H,1-9H2. The summed E-state index contributed by atoms with van der Waals surface area (Å²) in [6.07, 6.45) is 7.49. The number of aromatic nitrogens is 1. The zero-order valence-corrected chi connectivity index (χ0v) is 11.5. The fourth-order valence-corrected chi connectivity index (χ4v) is 3.57. The third kappa shape index (κ3) is 3.02. The predicted molar refractivity (Wildman–Crippen MR) is 74.2 cm³/mol. The third-order valence-corrected chi connectivity index (χ3v) is 4.80. The summed E-state index contributed by atoms with van der Waals surface area (Å²) < 4.78 is 5.37. The zero-order chi connectivity index (χ0) is 12.2. The molecule has 4 nitrogen and oxygen atoms in total. The van der Waals surface area contributed by atoms with Crippen LogP contribution in [0.4, 0.5) is 5.13 Å². The van der Waals surface area contributed by atoms with E-state index in [-0.39, 0.29) is 0 Å². The lowest BCUT2D eigenvalue weighted by molar-refractivity contribution is 0.122. The lowest BCUT2D eigenvalue weighted by atomic mass is 10.2. The number of anilines is 1.